The Hall–Kier alpha value is -3.53. The van der Waals surface area contributed by atoms with Crippen molar-refractivity contribution < 1.29 is 14.3 Å². The van der Waals surface area contributed by atoms with Gasteiger partial charge in [0, 0.05) is 34.2 Å². The Kier molecular flexibility index (Phi) is 7.83. The first-order chi connectivity index (χ1) is 18.7. The van der Waals surface area contributed by atoms with Crippen LogP contribution in [0, 0.1) is 6.92 Å². The van der Waals surface area contributed by atoms with E-state index in [-0.39, 0.29) is 5.97 Å². The number of thiophene rings is 1. The van der Waals surface area contributed by atoms with Crippen LogP contribution in [0.15, 0.2) is 66.4 Å². The summed E-state index contributed by atoms with van der Waals surface area (Å²) in [5.74, 6) is 0.719. The molecule has 0 saturated heterocycles. The van der Waals surface area contributed by atoms with Gasteiger partial charge in [0.1, 0.15) is 11.6 Å². The molecule has 0 radical (unpaired) electrons. The van der Waals surface area contributed by atoms with E-state index < -0.39 is 10.0 Å². The maximum absolute atomic E-state index is 11.9. The normalized spacial score (nSPS) is 12.1. The van der Waals surface area contributed by atoms with Crippen molar-refractivity contribution in [2.24, 2.45) is 0 Å². The quantitative estimate of drug-likeness (QED) is 0.148. The zero-order chi connectivity index (χ0) is 27.6. The van der Waals surface area contributed by atoms with Crippen molar-refractivity contribution >= 4 is 38.2 Å². The molecule has 4 heterocycles. The molecule has 39 heavy (non-hydrogen) atoms. The van der Waals surface area contributed by atoms with Crippen LogP contribution < -0.4 is 0 Å². The summed E-state index contributed by atoms with van der Waals surface area (Å²) in [4.78, 5) is 26.8. The molecule has 0 aliphatic rings. The summed E-state index contributed by atoms with van der Waals surface area (Å²) in [6.07, 6.45) is 10.5. The summed E-state index contributed by atoms with van der Waals surface area (Å²) in [5.41, 5.74) is 7.28. The van der Waals surface area contributed by atoms with E-state index in [0.29, 0.717) is 18.2 Å². The van der Waals surface area contributed by atoms with E-state index in [2.05, 4.69) is 35.9 Å². The van der Waals surface area contributed by atoms with E-state index in [1.807, 2.05) is 65.8 Å². The molecule has 0 amide bonds. The van der Waals surface area contributed by atoms with Gasteiger partial charge in [-0.2, -0.15) is 0 Å². The molecule has 5 rings (SSSR count). The third-order valence-corrected chi connectivity index (χ3v) is 8.61. The lowest BCUT2D eigenvalue weighted by molar-refractivity contribution is 0.0606. The van der Waals surface area contributed by atoms with Crippen LogP contribution in [-0.4, -0.2) is 63.7 Å². The topological polar surface area (TPSA) is 79.1 Å². The molecular weight excluding hydrogens is 528 g/mol. The van der Waals surface area contributed by atoms with Gasteiger partial charge in [-0.05, 0) is 73.0 Å². The third kappa shape index (κ3) is 6.21. The smallest absolute Gasteiger partial charge is 0.348 e. The fraction of sp³-hybridized carbons (Fsp3) is 0.267. The Morgan fingerprint density at radius 1 is 1.03 bits per heavy atom. The van der Waals surface area contributed by atoms with E-state index in [4.69, 9.17) is 19.4 Å². The van der Waals surface area contributed by atoms with Gasteiger partial charge >= 0.3 is 5.97 Å². The van der Waals surface area contributed by atoms with Crippen molar-refractivity contribution in [3.05, 3.63) is 77.0 Å². The van der Waals surface area contributed by atoms with E-state index in [1.54, 1.807) is 0 Å². The first kappa shape index (κ1) is 27.1. The van der Waals surface area contributed by atoms with Crippen LogP contribution in [0.4, 0.5) is 0 Å². The number of carbonyl (C=O) groups is 1. The number of ether oxygens (including phenoxy) is 2. The largest absolute Gasteiger partial charge is 0.465 e. The lowest BCUT2D eigenvalue weighted by atomic mass is 10.0. The van der Waals surface area contributed by atoms with E-state index in [9.17, 15) is 4.79 Å². The van der Waals surface area contributed by atoms with Crippen LogP contribution in [0.1, 0.15) is 15.4 Å². The lowest BCUT2D eigenvalue weighted by Gasteiger charge is -2.24. The standard InChI is InChI=1S/C30H32N4O3S2/c1-20-7-6-8-26(33-20)29-28(32-18-34(29)19-37-11-12-39(3,4)5)21-9-10-25-22(13-21)14-23(16-31-25)24-15-27(38-17-24)30(35)36-2/h6-10,13-18H,11-12,19H2,1-5H3. The monoisotopic (exact) mass is 560 g/mol. The minimum absolute atomic E-state index is 0.334. The molecule has 0 bridgehead atoms. The fourth-order valence-electron chi connectivity index (χ4n) is 4.24. The SMILES string of the molecule is COC(=O)c1cc(-c2cnc3ccc(-c4ncn(COCCS(C)(C)C)c4-c4cccc(C)n4)cc3c2)cs1. The molecule has 0 N–H and O–H groups in total. The number of aromatic nitrogens is 4. The van der Waals surface area contributed by atoms with Crippen LogP contribution in [-0.2, 0) is 16.2 Å². The summed E-state index contributed by atoms with van der Waals surface area (Å²) in [6.45, 7) is 3.11. The van der Waals surface area contributed by atoms with Crippen LogP contribution in [0.2, 0.25) is 0 Å². The van der Waals surface area contributed by atoms with Crippen LogP contribution in [0.5, 0.6) is 0 Å². The number of esters is 1. The average Bonchev–Trinajstić information content (AvgIpc) is 3.57. The molecule has 0 saturated carbocycles. The zero-order valence-corrected chi connectivity index (χ0v) is 24.4. The van der Waals surface area contributed by atoms with Crippen molar-refractivity contribution in [1.29, 1.82) is 0 Å². The van der Waals surface area contributed by atoms with Crippen molar-refractivity contribution in [1.82, 2.24) is 19.5 Å². The summed E-state index contributed by atoms with van der Waals surface area (Å²) in [6, 6.07) is 16.1. The summed E-state index contributed by atoms with van der Waals surface area (Å²) in [5, 5.41) is 2.93. The van der Waals surface area contributed by atoms with Gasteiger partial charge in [-0.3, -0.25) is 9.97 Å². The summed E-state index contributed by atoms with van der Waals surface area (Å²) in [7, 11) is 0.767. The number of aryl methyl sites for hydroxylation is 1. The molecule has 1 aromatic carbocycles. The Morgan fingerprint density at radius 2 is 1.85 bits per heavy atom. The van der Waals surface area contributed by atoms with Gasteiger partial charge in [0.2, 0.25) is 0 Å². The molecule has 0 atom stereocenters. The minimum atomic E-state index is -0.624. The van der Waals surface area contributed by atoms with Gasteiger partial charge in [-0.25, -0.2) is 19.8 Å². The van der Waals surface area contributed by atoms with Gasteiger partial charge < -0.3 is 14.0 Å². The molecule has 7 nitrogen and oxygen atoms in total. The van der Waals surface area contributed by atoms with E-state index in [0.717, 1.165) is 56.1 Å². The number of imidazole rings is 1. The second-order valence-corrected chi connectivity index (χ2v) is 15.7. The summed E-state index contributed by atoms with van der Waals surface area (Å²) >= 11 is 1.36. The average molecular weight is 561 g/mol. The molecule has 9 heteroatoms. The van der Waals surface area contributed by atoms with Crippen LogP contribution in [0.3, 0.4) is 0 Å². The number of benzene rings is 1. The van der Waals surface area contributed by atoms with Gasteiger partial charge in [-0.1, -0.05) is 12.1 Å². The predicted octanol–water partition coefficient (Wildman–Crippen LogP) is 6.65. The van der Waals surface area contributed by atoms with Gasteiger partial charge in [0.25, 0.3) is 0 Å². The molecule has 0 aliphatic heterocycles. The summed E-state index contributed by atoms with van der Waals surface area (Å²) < 4.78 is 13.0. The number of nitrogens with zero attached hydrogens (tertiary/aromatic N) is 4. The van der Waals surface area contributed by atoms with Crippen LogP contribution in [0.25, 0.3) is 44.7 Å². The zero-order valence-electron chi connectivity index (χ0n) is 22.8. The maximum Gasteiger partial charge on any atom is 0.348 e. The highest BCUT2D eigenvalue weighted by Gasteiger charge is 2.18. The first-order valence-corrected chi connectivity index (χ1v) is 16.4. The molecule has 5 aromatic rings. The lowest BCUT2D eigenvalue weighted by Crippen LogP contribution is -2.10. The minimum Gasteiger partial charge on any atom is -0.465 e. The van der Waals surface area contributed by atoms with Gasteiger partial charge in [0.05, 0.1) is 42.6 Å². The predicted molar refractivity (Wildman–Crippen MR) is 162 cm³/mol. The number of carbonyl (C=O) groups excluding carboxylic acids is 1. The highest BCUT2D eigenvalue weighted by atomic mass is 32.3. The van der Waals surface area contributed by atoms with Gasteiger partial charge in [0.15, 0.2) is 0 Å². The first-order valence-electron chi connectivity index (χ1n) is 12.5. The number of fused-ring (bicyclic) bond motifs is 1. The Morgan fingerprint density at radius 3 is 2.62 bits per heavy atom. The number of hydrogen-bond donors (Lipinski definition) is 0. The Labute approximate surface area is 234 Å². The van der Waals surface area contributed by atoms with Crippen molar-refractivity contribution in [2.75, 3.05) is 38.2 Å². The third-order valence-electron chi connectivity index (χ3n) is 6.31. The molecule has 0 unspecified atom stereocenters. The molecular formula is C30H32N4O3S2. The van der Waals surface area contributed by atoms with E-state index in [1.165, 1.54) is 18.4 Å². The highest BCUT2D eigenvalue weighted by Crippen LogP contribution is 2.35. The molecule has 4 aromatic heterocycles. The molecule has 0 spiro atoms. The number of methoxy groups -OCH3 is 1. The number of hydrogen-bond acceptors (Lipinski definition) is 7. The fourth-order valence-corrected chi connectivity index (χ4v) is 5.69. The second kappa shape index (κ2) is 11.3. The second-order valence-electron chi connectivity index (χ2n) is 10.2. The van der Waals surface area contributed by atoms with Crippen LogP contribution >= 0.6 is 21.4 Å². The van der Waals surface area contributed by atoms with Crippen molar-refractivity contribution in [3.8, 4) is 33.8 Å². The molecule has 202 valence electrons. The Bertz CT molecular complexity index is 1640. The number of rotatable bonds is 9. The van der Waals surface area contributed by atoms with Gasteiger partial charge in [-0.15, -0.1) is 11.3 Å². The number of pyridine rings is 2. The van der Waals surface area contributed by atoms with E-state index >= 15 is 0 Å². The van der Waals surface area contributed by atoms with Crippen molar-refractivity contribution in [3.63, 3.8) is 0 Å². The maximum atomic E-state index is 11.9. The molecule has 0 fully saturated rings. The Balaban J connectivity index is 1.51. The molecule has 0 aliphatic carbocycles. The van der Waals surface area contributed by atoms with Crippen molar-refractivity contribution in [2.45, 2.75) is 13.7 Å². The highest BCUT2D eigenvalue weighted by molar-refractivity contribution is 8.32.